The van der Waals surface area contributed by atoms with Crippen molar-refractivity contribution in [3.8, 4) is 5.69 Å². The molecule has 2 N–H and O–H groups in total. The average molecular weight is 316 g/mol. The van der Waals surface area contributed by atoms with Gasteiger partial charge in [-0.3, -0.25) is 0 Å². The van der Waals surface area contributed by atoms with Crippen molar-refractivity contribution in [2.75, 3.05) is 13.7 Å². The number of aryl methyl sites for hydroxylation is 1. The van der Waals surface area contributed by atoms with E-state index in [-0.39, 0.29) is 18.2 Å². The number of nitrogens with one attached hydrogen (secondary N) is 2. The fraction of sp³-hybridized carbons (Fsp3) is 0.412. The van der Waals surface area contributed by atoms with Crippen LogP contribution >= 0.6 is 0 Å². The third-order valence-electron chi connectivity index (χ3n) is 3.80. The molecule has 0 saturated carbocycles. The molecule has 2 aromatic rings. The van der Waals surface area contributed by atoms with Crippen molar-refractivity contribution in [1.82, 2.24) is 20.2 Å². The maximum absolute atomic E-state index is 11.9. The lowest BCUT2D eigenvalue weighted by atomic mass is 10.1. The molecule has 0 fully saturated rings. The fourth-order valence-corrected chi connectivity index (χ4v) is 2.23. The first-order chi connectivity index (χ1) is 11.0. The van der Waals surface area contributed by atoms with E-state index in [9.17, 15) is 4.79 Å². The standard InChI is InChI=1S/C17H24N4O2/c1-12(23-4)11-19-17(22)20-13(2)15-5-7-16(8-6-15)21-10-9-18-14(21)3/h5-10,12-13H,11H2,1-4H3,(H2,19,20,22)/t12-,13+/m1/s1. The predicted octanol–water partition coefficient (Wildman–Crippen LogP) is 2.58. The molecule has 124 valence electrons. The monoisotopic (exact) mass is 316 g/mol. The number of benzene rings is 1. The number of carbonyl (C=O) groups excluding carboxylic acids is 1. The number of hydrogen-bond donors (Lipinski definition) is 2. The number of urea groups is 1. The van der Waals surface area contributed by atoms with Crippen LogP contribution in [0.2, 0.25) is 0 Å². The highest BCUT2D eigenvalue weighted by atomic mass is 16.5. The van der Waals surface area contributed by atoms with Gasteiger partial charge in [-0.15, -0.1) is 0 Å². The van der Waals surface area contributed by atoms with E-state index in [1.165, 1.54) is 0 Å². The van der Waals surface area contributed by atoms with Crippen molar-refractivity contribution >= 4 is 6.03 Å². The quantitative estimate of drug-likeness (QED) is 0.860. The summed E-state index contributed by atoms with van der Waals surface area (Å²) in [5.74, 6) is 0.940. The number of carbonyl (C=O) groups is 1. The van der Waals surface area contributed by atoms with Gasteiger partial charge < -0.3 is 19.9 Å². The van der Waals surface area contributed by atoms with Crippen LogP contribution in [0.25, 0.3) is 5.69 Å². The van der Waals surface area contributed by atoms with E-state index in [1.54, 1.807) is 13.3 Å². The lowest BCUT2D eigenvalue weighted by Crippen LogP contribution is -2.40. The Morgan fingerprint density at radius 1 is 1.30 bits per heavy atom. The van der Waals surface area contributed by atoms with E-state index in [4.69, 9.17) is 4.74 Å². The number of methoxy groups -OCH3 is 1. The second kappa shape index (κ2) is 7.78. The first kappa shape index (κ1) is 17.0. The van der Waals surface area contributed by atoms with Crippen molar-refractivity contribution in [1.29, 1.82) is 0 Å². The number of imidazole rings is 1. The Bertz CT molecular complexity index is 636. The molecule has 6 heteroatoms. The molecule has 1 aromatic heterocycles. The molecular formula is C17H24N4O2. The SMILES string of the molecule is CO[C@H](C)CNC(=O)N[C@@H](C)c1ccc(-n2ccnc2C)cc1. The molecule has 2 atom stereocenters. The second-order valence-corrected chi connectivity index (χ2v) is 5.56. The Labute approximate surface area is 136 Å². The Kier molecular flexibility index (Phi) is 5.76. The van der Waals surface area contributed by atoms with Gasteiger partial charge in [0, 0.05) is 31.7 Å². The van der Waals surface area contributed by atoms with Gasteiger partial charge in [0.1, 0.15) is 5.82 Å². The maximum atomic E-state index is 11.9. The van der Waals surface area contributed by atoms with Crippen LogP contribution in [0.4, 0.5) is 4.79 Å². The third-order valence-corrected chi connectivity index (χ3v) is 3.80. The van der Waals surface area contributed by atoms with Crippen LogP contribution in [0.5, 0.6) is 0 Å². The molecule has 1 heterocycles. The van der Waals surface area contributed by atoms with Gasteiger partial charge in [0.2, 0.25) is 0 Å². The number of aromatic nitrogens is 2. The van der Waals surface area contributed by atoms with E-state index >= 15 is 0 Å². The summed E-state index contributed by atoms with van der Waals surface area (Å²) in [5, 5.41) is 5.70. The Morgan fingerprint density at radius 2 is 2.00 bits per heavy atom. The van der Waals surface area contributed by atoms with Gasteiger partial charge in [-0.2, -0.15) is 0 Å². The van der Waals surface area contributed by atoms with Crippen LogP contribution in [0, 0.1) is 6.92 Å². The third kappa shape index (κ3) is 4.56. The van der Waals surface area contributed by atoms with Gasteiger partial charge in [0.25, 0.3) is 0 Å². The van der Waals surface area contributed by atoms with Crippen molar-refractivity contribution < 1.29 is 9.53 Å². The van der Waals surface area contributed by atoms with E-state index in [2.05, 4.69) is 15.6 Å². The second-order valence-electron chi connectivity index (χ2n) is 5.56. The largest absolute Gasteiger partial charge is 0.380 e. The number of hydrogen-bond acceptors (Lipinski definition) is 3. The minimum atomic E-state index is -0.198. The molecule has 0 aliphatic rings. The summed E-state index contributed by atoms with van der Waals surface area (Å²) in [4.78, 5) is 16.1. The molecule has 6 nitrogen and oxygen atoms in total. The summed E-state index contributed by atoms with van der Waals surface area (Å²) >= 11 is 0. The van der Waals surface area contributed by atoms with Crippen molar-refractivity contribution in [2.24, 2.45) is 0 Å². The summed E-state index contributed by atoms with van der Waals surface area (Å²) in [5.41, 5.74) is 2.09. The predicted molar refractivity (Wildman–Crippen MR) is 89.7 cm³/mol. The number of rotatable bonds is 6. The van der Waals surface area contributed by atoms with Crippen LogP contribution in [0.15, 0.2) is 36.7 Å². The molecule has 0 aliphatic heterocycles. The fourth-order valence-electron chi connectivity index (χ4n) is 2.23. The number of nitrogens with zero attached hydrogens (tertiary/aromatic N) is 2. The van der Waals surface area contributed by atoms with E-state index in [1.807, 2.05) is 55.8 Å². The molecule has 0 aliphatic carbocycles. The molecule has 23 heavy (non-hydrogen) atoms. The van der Waals surface area contributed by atoms with Gasteiger partial charge in [-0.1, -0.05) is 12.1 Å². The summed E-state index contributed by atoms with van der Waals surface area (Å²) < 4.78 is 7.11. The first-order valence-electron chi connectivity index (χ1n) is 7.68. The highest BCUT2D eigenvalue weighted by Gasteiger charge is 2.10. The molecule has 0 radical (unpaired) electrons. The van der Waals surface area contributed by atoms with Crippen LogP contribution < -0.4 is 10.6 Å². The van der Waals surface area contributed by atoms with Crippen molar-refractivity contribution in [2.45, 2.75) is 32.9 Å². The number of amides is 2. The Balaban J connectivity index is 1.94. The maximum Gasteiger partial charge on any atom is 0.315 e. The molecule has 0 unspecified atom stereocenters. The summed E-state index contributed by atoms with van der Waals surface area (Å²) in [6.07, 6.45) is 3.70. The van der Waals surface area contributed by atoms with Gasteiger partial charge in [0.05, 0.1) is 12.1 Å². The normalized spacial score (nSPS) is 13.4. The average Bonchev–Trinajstić information content (AvgIpc) is 2.98. The Morgan fingerprint density at radius 3 is 2.57 bits per heavy atom. The van der Waals surface area contributed by atoms with E-state index in [0.717, 1.165) is 17.1 Å². The van der Waals surface area contributed by atoms with Gasteiger partial charge in [0.15, 0.2) is 0 Å². The van der Waals surface area contributed by atoms with E-state index in [0.29, 0.717) is 6.54 Å². The van der Waals surface area contributed by atoms with Crippen LogP contribution in [-0.4, -0.2) is 35.3 Å². The zero-order chi connectivity index (χ0) is 16.8. The minimum Gasteiger partial charge on any atom is -0.380 e. The zero-order valence-electron chi connectivity index (χ0n) is 14.0. The highest BCUT2D eigenvalue weighted by Crippen LogP contribution is 2.16. The van der Waals surface area contributed by atoms with Gasteiger partial charge >= 0.3 is 6.03 Å². The zero-order valence-corrected chi connectivity index (χ0v) is 14.0. The smallest absolute Gasteiger partial charge is 0.315 e. The lowest BCUT2D eigenvalue weighted by Gasteiger charge is -2.17. The molecule has 0 bridgehead atoms. The molecule has 0 spiro atoms. The summed E-state index contributed by atoms with van der Waals surface area (Å²) in [6.45, 7) is 6.30. The first-order valence-corrected chi connectivity index (χ1v) is 7.68. The molecule has 1 aromatic carbocycles. The molecule has 2 rings (SSSR count). The number of ether oxygens (including phenoxy) is 1. The topological polar surface area (TPSA) is 68.2 Å². The molecule has 2 amide bonds. The van der Waals surface area contributed by atoms with Crippen LogP contribution in [-0.2, 0) is 4.74 Å². The molecular weight excluding hydrogens is 292 g/mol. The van der Waals surface area contributed by atoms with E-state index < -0.39 is 0 Å². The van der Waals surface area contributed by atoms with Crippen molar-refractivity contribution in [3.63, 3.8) is 0 Å². The van der Waals surface area contributed by atoms with Crippen molar-refractivity contribution in [3.05, 3.63) is 48.0 Å². The summed E-state index contributed by atoms with van der Waals surface area (Å²) in [6, 6.07) is 7.79. The minimum absolute atomic E-state index is 0.00578. The van der Waals surface area contributed by atoms with Gasteiger partial charge in [-0.25, -0.2) is 9.78 Å². The van der Waals surface area contributed by atoms with Gasteiger partial charge in [-0.05, 0) is 38.5 Å². The molecule has 0 saturated heterocycles. The highest BCUT2D eigenvalue weighted by molar-refractivity contribution is 5.74. The van der Waals surface area contributed by atoms with Crippen LogP contribution in [0.3, 0.4) is 0 Å². The lowest BCUT2D eigenvalue weighted by molar-refractivity contribution is 0.118. The van der Waals surface area contributed by atoms with Crippen LogP contribution in [0.1, 0.15) is 31.3 Å². The Hall–Kier alpha value is -2.34. The summed E-state index contributed by atoms with van der Waals surface area (Å²) in [7, 11) is 1.62.